The van der Waals surface area contributed by atoms with Crippen LogP contribution in [0.25, 0.3) is 0 Å². The molecule has 2 rings (SSSR count). The summed E-state index contributed by atoms with van der Waals surface area (Å²) in [4.78, 5) is 11.7. The molecule has 1 amide bonds. The Hall–Kier alpha value is -1.26. The van der Waals surface area contributed by atoms with E-state index in [2.05, 4.69) is 10.6 Å². The largest absolute Gasteiger partial charge is 0.491 e. The number of ether oxygens (including phenoxy) is 1. The fourth-order valence-corrected chi connectivity index (χ4v) is 1.64. The van der Waals surface area contributed by atoms with Gasteiger partial charge in [0, 0.05) is 13.0 Å². The van der Waals surface area contributed by atoms with Crippen LogP contribution in [0.3, 0.4) is 0 Å². The first-order valence-corrected chi connectivity index (χ1v) is 6.46. The number of anilines is 1. The number of hydrogen-bond acceptors (Lipinski definition) is 3. The van der Waals surface area contributed by atoms with E-state index in [0.717, 1.165) is 18.0 Å². The summed E-state index contributed by atoms with van der Waals surface area (Å²) in [5, 5.41) is 5.84. The number of carbonyl (C=O) groups is 1. The van der Waals surface area contributed by atoms with Crippen LogP contribution in [0.4, 0.5) is 5.69 Å². The molecule has 0 saturated heterocycles. The van der Waals surface area contributed by atoms with Gasteiger partial charge < -0.3 is 15.4 Å². The zero-order valence-electron chi connectivity index (χ0n) is 11.1. The average molecular weight is 285 g/mol. The van der Waals surface area contributed by atoms with Crippen LogP contribution in [0.15, 0.2) is 24.3 Å². The topological polar surface area (TPSA) is 50.4 Å². The third-order valence-electron chi connectivity index (χ3n) is 2.93. The molecule has 0 heterocycles. The van der Waals surface area contributed by atoms with Crippen molar-refractivity contribution < 1.29 is 9.53 Å². The molecule has 1 aliphatic rings. The Kier molecular flexibility index (Phi) is 6.67. The predicted octanol–water partition coefficient (Wildman–Crippen LogP) is 2.45. The molecule has 1 saturated carbocycles. The summed E-state index contributed by atoms with van der Waals surface area (Å²) in [7, 11) is 1.83. The molecule has 0 spiro atoms. The number of hydrogen-bond donors (Lipinski definition) is 2. The minimum Gasteiger partial charge on any atom is -0.491 e. The summed E-state index contributed by atoms with van der Waals surface area (Å²) in [6.07, 6.45) is 2.99. The highest BCUT2D eigenvalue weighted by atomic mass is 35.5. The van der Waals surface area contributed by atoms with Crippen LogP contribution in [0, 0.1) is 5.92 Å². The second-order valence-electron chi connectivity index (χ2n) is 4.65. The van der Waals surface area contributed by atoms with Crippen molar-refractivity contribution >= 4 is 24.0 Å². The first-order valence-electron chi connectivity index (χ1n) is 6.46. The van der Waals surface area contributed by atoms with Crippen molar-refractivity contribution in [3.05, 3.63) is 24.3 Å². The zero-order chi connectivity index (χ0) is 12.8. The standard InChI is InChI=1S/C14H20N2O2.ClH/c1-15-9-8-14(17)16-12-4-2-3-5-13(12)18-10-11-6-7-11;/h2-5,11,15H,6-10H2,1H3,(H,16,17);1H. The summed E-state index contributed by atoms with van der Waals surface area (Å²) in [5.41, 5.74) is 0.763. The van der Waals surface area contributed by atoms with Crippen molar-refractivity contribution in [1.82, 2.24) is 5.32 Å². The molecule has 2 N–H and O–H groups in total. The highest BCUT2D eigenvalue weighted by Crippen LogP contribution is 2.31. The monoisotopic (exact) mass is 284 g/mol. The van der Waals surface area contributed by atoms with Gasteiger partial charge >= 0.3 is 0 Å². The highest BCUT2D eigenvalue weighted by Gasteiger charge is 2.22. The summed E-state index contributed by atoms with van der Waals surface area (Å²) < 4.78 is 5.74. The molecule has 0 unspecified atom stereocenters. The fourth-order valence-electron chi connectivity index (χ4n) is 1.64. The van der Waals surface area contributed by atoms with E-state index in [1.54, 1.807) is 0 Å². The lowest BCUT2D eigenvalue weighted by Crippen LogP contribution is -2.19. The van der Waals surface area contributed by atoms with E-state index in [1.165, 1.54) is 12.8 Å². The molecule has 0 aliphatic heterocycles. The fraction of sp³-hybridized carbons (Fsp3) is 0.500. The van der Waals surface area contributed by atoms with Crippen molar-refractivity contribution in [2.75, 3.05) is 25.5 Å². The van der Waals surface area contributed by atoms with Gasteiger partial charge in [0.05, 0.1) is 12.3 Å². The summed E-state index contributed by atoms with van der Waals surface area (Å²) in [6.45, 7) is 1.43. The number of nitrogens with one attached hydrogen (secondary N) is 2. The predicted molar refractivity (Wildman–Crippen MR) is 79.1 cm³/mol. The van der Waals surface area contributed by atoms with Crippen LogP contribution in [-0.4, -0.2) is 26.1 Å². The molecule has 1 aromatic rings. The third kappa shape index (κ3) is 5.49. The van der Waals surface area contributed by atoms with Gasteiger partial charge in [0.2, 0.25) is 5.91 Å². The van der Waals surface area contributed by atoms with Gasteiger partial charge in [0.25, 0.3) is 0 Å². The zero-order valence-corrected chi connectivity index (χ0v) is 12.0. The molecule has 0 atom stereocenters. The number of halogens is 1. The highest BCUT2D eigenvalue weighted by molar-refractivity contribution is 5.92. The second kappa shape index (κ2) is 8.02. The van der Waals surface area contributed by atoms with Gasteiger partial charge in [-0.3, -0.25) is 4.79 Å². The molecular weight excluding hydrogens is 264 g/mol. The molecule has 106 valence electrons. The van der Waals surface area contributed by atoms with Crippen LogP contribution in [0.5, 0.6) is 5.75 Å². The first kappa shape index (κ1) is 15.8. The summed E-state index contributed by atoms with van der Waals surface area (Å²) in [6, 6.07) is 7.60. The lowest BCUT2D eigenvalue weighted by atomic mass is 10.2. The van der Waals surface area contributed by atoms with Crippen molar-refractivity contribution in [1.29, 1.82) is 0 Å². The van der Waals surface area contributed by atoms with Crippen LogP contribution in [-0.2, 0) is 4.79 Å². The summed E-state index contributed by atoms with van der Waals surface area (Å²) >= 11 is 0. The molecule has 5 heteroatoms. The van der Waals surface area contributed by atoms with E-state index in [4.69, 9.17) is 4.74 Å². The van der Waals surface area contributed by atoms with E-state index < -0.39 is 0 Å². The van der Waals surface area contributed by atoms with Crippen LogP contribution >= 0.6 is 12.4 Å². The maximum Gasteiger partial charge on any atom is 0.225 e. The van der Waals surface area contributed by atoms with Crippen LogP contribution in [0.2, 0.25) is 0 Å². The number of benzene rings is 1. The Balaban J connectivity index is 0.00000180. The average Bonchev–Trinajstić information content (AvgIpc) is 3.19. The van der Waals surface area contributed by atoms with E-state index >= 15 is 0 Å². The lowest BCUT2D eigenvalue weighted by molar-refractivity contribution is -0.116. The van der Waals surface area contributed by atoms with E-state index in [9.17, 15) is 4.79 Å². The number of para-hydroxylation sites is 2. The Morgan fingerprint density at radius 2 is 2.11 bits per heavy atom. The molecule has 1 aromatic carbocycles. The molecule has 0 bridgehead atoms. The smallest absolute Gasteiger partial charge is 0.225 e. The molecule has 1 aliphatic carbocycles. The van der Waals surface area contributed by atoms with Crippen LogP contribution in [0.1, 0.15) is 19.3 Å². The van der Waals surface area contributed by atoms with Gasteiger partial charge in [0.15, 0.2) is 0 Å². The Morgan fingerprint density at radius 1 is 1.37 bits per heavy atom. The maximum atomic E-state index is 11.7. The number of carbonyl (C=O) groups excluding carboxylic acids is 1. The van der Waals surface area contributed by atoms with E-state index in [0.29, 0.717) is 18.9 Å². The third-order valence-corrected chi connectivity index (χ3v) is 2.93. The maximum absolute atomic E-state index is 11.7. The Bertz CT molecular complexity index is 408. The Morgan fingerprint density at radius 3 is 2.79 bits per heavy atom. The number of amides is 1. The van der Waals surface area contributed by atoms with Gasteiger partial charge in [-0.15, -0.1) is 12.4 Å². The van der Waals surface area contributed by atoms with E-state index in [-0.39, 0.29) is 18.3 Å². The Labute approximate surface area is 120 Å². The first-order chi connectivity index (χ1) is 8.79. The SMILES string of the molecule is CNCCC(=O)Nc1ccccc1OCC1CC1.Cl. The van der Waals surface area contributed by atoms with Gasteiger partial charge in [-0.25, -0.2) is 0 Å². The molecule has 4 nitrogen and oxygen atoms in total. The van der Waals surface area contributed by atoms with Gasteiger partial charge in [-0.05, 0) is 37.9 Å². The lowest BCUT2D eigenvalue weighted by Gasteiger charge is -2.12. The van der Waals surface area contributed by atoms with Gasteiger partial charge in [-0.1, -0.05) is 12.1 Å². The molecule has 19 heavy (non-hydrogen) atoms. The molecule has 0 aromatic heterocycles. The second-order valence-corrected chi connectivity index (χ2v) is 4.65. The van der Waals surface area contributed by atoms with Crippen molar-refractivity contribution in [2.45, 2.75) is 19.3 Å². The minimum absolute atomic E-state index is 0. The number of rotatable bonds is 7. The summed E-state index contributed by atoms with van der Waals surface area (Å²) in [5.74, 6) is 1.48. The van der Waals surface area contributed by atoms with Crippen molar-refractivity contribution in [2.24, 2.45) is 5.92 Å². The van der Waals surface area contributed by atoms with Crippen LogP contribution < -0.4 is 15.4 Å². The quantitative estimate of drug-likeness (QED) is 0.809. The molecular formula is C14H21ClN2O2. The molecule has 1 fully saturated rings. The van der Waals surface area contributed by atoms with Crippen molar-refractivity contribution in [3.8, 4) is 5.75 Å². The minimum atomic E-state index is 0. The van der Waals surface area contributed by atoms with Gasteiger partial charge in [0.1, 0.15) is 5.75 Å². The molecule has 0 radical (unpaired) electrons. The van der Waals surface area contributed by atoms with Gasteiger partial charge in [-0.2, -0.15) is 0 Å². The van der Waals surface area contributed by atoms with E-state index in [1.807, 2.05) is 31.3 Å². The van der Waals surface area contributed by atoms with Crippen molar-refractivity contribution in [3.63, 3.8) is 0 Å². The normalized spacial score (nSPS) is 13.5.